The van der Waals surface area contributed by atoms with Crippen LogP contribution in [0.15, 0.2) is 11.6 Å². The highest BCUT2D eigenvalue weighted by Crippen LogP contribution is 2.70. The second kappa shape index (κ2) is 8.76. The Morgan fingerprint density at radius 2 is 1.82 bits per heavy atom. The monoisotopic (exact) mass is 474 g/mol. The maximum Gasteiger partial charge on any atom is 0.310 e. The van der Waals surface area contributed by atoms with Gasteiger partial charge in [-0.15, -0.1) is 0 Å². The third-order valence-corrected chi connectivity index (χ3v) is 10.4. The number of allylic oxidation sites excluding steroid dienone is 1. The minimum Gasteiger partial charge on any atom is -0.481 e. The van der Waals surface area contributed by atoms with E-state index in [9.17, 15) is 24.6 Å². The van der Waals surface area contributed by atoms with Gasteiger partial charge in [0, 0.05) is 12.8 Å². The Kier molecular flexibility index (Phi) is 6.54. The van der Waals surface area contributed by atoms with Crippen LogP contribution in [-0.2, 0) is 19.1 Å². The summed E-state index contributed by atoms with van der Waals surface area (Å²) in [5, 5.41) is 21.1. The van der Waals surface area contributed by atoms with Crippen molar-refractivity contribution in [2.45, 2.75) is 104 Å². The molecule has 0 saturated heterocycles. The van der Waals surface area contributed by atoms with Gasteiger partial charge in [0.05, 0.1) is 17.6 Å². The van der Waals surface area contributed by atoms with E-state index in [1.165, 1.54) is 0 Å². The van der Waals surface area contributed by atoms with Gasteiger partial charge in [-0.1, -0.05) is 26.3 Å². The van der Waals surface area contributed by atoms with E-state index in [2.05, 4.69) is 20.8 Å². The van der Waals surface area contributed by atoms with Crippen LogP contribution in [0, 0.1) is 40.4 Å². The Bertz CT molecular complexity index is 891. The number of carbonyl (C=O) groups is 3. The van der Waals surface area contributed by atoms with Crippen LogP contribution in [0.4, 0.5) is 0 Å². The van der Waals surface area contributed by atoms with Crippen molar-refractivity contribution in [3.05, 3.63) is 11.6 Å². The molecule has 3 fully saturated rings. The Labute approximate surface area is 203 Å². The lowest BCUT2D eigenvalue weighted by Gasteiger charge is -2.62. The average Bonchev–Trinajstić information content (AvgIpc) is 3.02. The van der Waals surface area contributed by atoms with Crippen LogP contribution in [0.1, 0.15) is 92.4 Å². The van der Waals surface area contributed by atoms with Crippen molar-refractivity contribution in [1.82, 2.24) is 0 Å². The van der Waals surface area contributed by atoms with Crippen LogP contribution in [0.2, 0.25) is 0 Å². The number of ketones is 1. The van der Waals surface area contributed by atoms with E-state index in [0.29, 0.717) is 12.8 Å². The summed E-state index contributed by atoms with van der Waals surface area (Å²) in [6, 6.07) is 0. The molecule has 4 aliphatic rings. The van der Waals surface area contributed by atoms with Gasteiger partial charge in [-0.2, -0.15) is 0 Å². The smallest absolute Gasteiger partial charge is 0.310 e. The van der Waals surface area contributed by atoms with Gasteiger partial charge in [0.15, 0.2) is 5.78 Å². The summed E-state index contributed by atoms with van der Waals surface area (Å²) in [5.41, 5.74) is -0.451. The average molecular weight is 475 g/mol. The van der Waals surface area contributed by atoms with E-state index in [1.54, 1.807) is 0 Å². The maximum atomic E-state index is 13.7. The van der Waals surface area contributed by atoms with Crippen LogP contribution >= 0.6 is 0 Å². The summed E-state index contributed by atoms with van der Waals surface area (Å²) < 4.78 is 5.83. The Balaban J connectivity index is 1.81. The molecule has 0 bridgehead atoms. The first-order chi connectivity index (χ1) is 15.9. The van der Waals surface area contributed by atoms with Gasteiger partial charge in [0.25, 0.3) is 0 Å². The zero-order chi connectivity index (χ0) is 25.1. The molecule has 0 heterocycles. The minimum atomic E-state index is -1.03. The van der Waals surface area contributed by atoms with Gasteiger partial charge >= 0.3 is 11.9 Å². The van der Waals surface area contributed by atoms with Gasteiger partial charge in [0.1, 0.15) is 0 Å². The second-order valence-electron chi connectivity index (χ2n) is 12.2. The quantitative estimate of drug-likeness (QED) is 0.530. The van der Waals surface area contributed by atoms with Gasteiger partial charge in [-0.05, 0) is 99.4 Å². The number of hydrogen-bond acceptors (Lipinski definition) is 5. The lowest BCUT2D eigenvalue weighted by molar-refractivity contribution is -0.179. The van der Waals surface area contributed by atoms with Gasteiger partial charge < -0.3 is 14.9 Å². The van der Waals surface area contributed by atoms with Crippen molar-refractivity contribution in [3.8, 4) is 0 Å². The standard InChI is InChI=1S/C28H42O6/c1-6-18-21-15-17(29)7-11-26(21,4)19-8-12-27(5)20(9-13-28(27,33)14-10-22(30)31)24(19)23(18)25(32)34-16(2)3/h15-16,18-20,23-24,33H,6-14H2,1-5H3,(H,30,31)/t18-,19+,20+,23+,24-,26-,27+,28-/m1/s1. The molecule has 6 heteroatoms. The van der Waals surface area contributed by atoms with Crippen LogP contribution < -0.4 is 0 Å². The number of ether oxygens (including phenoxy) is 1. The highest BCUT2D eigenvalue weighted by molar-refractivity contribution is 5.92. The predicted molar refractivity (Wildman–Crippen MR) is 128 cm³/mol. The molecule has 0 aliphatic heterocycles. The van der Waals surface area contributed by atoms with E-state index in [4.69, 9.17) is 4.74 Å². The normalized spacial score (nSPS) is 43.6. The number of esters is 1. The van der Waals surface area contributed by atoms with Crippen LogP contribution in [0.5, 0.6) is 0 Å². The number of carboxylic acids is 1. The SMILES string of the molecule is CC[C@@H]1C2=CC(=O)CC[C@]2(C)[C@H]2CC[C@@]3(C)[C@@H](CC[C@@]3(O)CCC(=O)O)[C@@H]2[C@H]1C(=O)OC(C)C. The minimum absolute atomic E-state index is 0.0446. The number of carbonyl (C=O) groups excluding carboxylic acids is 2. The molecule has 0 unspecified atom stereocenters. The topological polar surface area (TPSA) is 101 Å². The molecule has 4 rings (SSSR count). The fourth-order valence-electron chi connectivity index (χ4n) is 8.71. The zero-order valence-corrected chi connectivity index (χ0v) is 21.4. The second-order valence-corrected chi connectivity index (χ2v) is 12.2. The van der Waals surface area contributed by atoms with Gasteiger partial charge in [0.2, 0.25) is 0 Å². The van der Waals surface area contributed by atoms with Crippen LogP contribution in [0.25, 0.3) is 0 Å². The summed E-state index contributed by atoms with van der Waals surface area (Å²) in [6.07, 6.45) is 7.01. The molecule has 190 valence electrons. The number of aliphatic hydroxyl groups is 1. The van der Waals surface area contributed by atoms with E-state index >= 15 is 0 Å². The summed E-state index contributed by atoms with van der Waals surface area (Å²) in [4.78, 5) is 37.5. The molecule has 2 N–H and O–H groups in total. The largest absolute Gasteiger partial charge is 0.481 e. The van der Waals surface area contributed by atoms with Crippen molar-refractivity contribution in [2.24, 2.45) is 40.4 Å². The van der Waals surface area contributed by atoms with Crippen LogP contribution in [0.3, 0.4) is 0 Å². The van der Waals surface area contributed by atoms with Crippen molar-refractivity contribution in [1.29, 1.82) is 0 Å². The molecule has 6 nitrogen and oxygen atoms in total. The number of hydrogen-bond donors (Lipinski definition) is 2. The molecule has 0 aromatic rings. The Hall–Kier alpha value is -1.69. The number of aliphatic carboxylic acids is 1. The first-order valence-electron chi connectivity index (χ1n) is 13.3. The Morgan fingerprint density at radius 1 is 1.15 bits per heavy atom. The molecule has 8 atom stereocenters. The summed E-state index contributed by atoms with van der Waals surface area (Å²) in [6.45, 7) is 10.3. The third kappa shape index (κ3) is 3.75. The van der Waals surface area contributed by atoms with E-state index in [1.807, 2.05) is 19.9 Å². The molecule has 0 spiro atoms. The molecule has 0 aromatic carbocycles. The fraction of sp³-hybridized carbons (Fsp3) is 0.821. The highest BCUT2D eigenvalue weighted by Gasteiger charge is 2.67. The molecule has 34 heavy (non-hydrogen) atoms. The van der Waals surface area contributed by atoms with E-state index in [0.717, 1.165) is 37.7 Å². The predicted octanol–water partition coefficient (Wildman–Crippen LogP) is 4.93. The van der Waals surface area contributed by atoms with Gasteiger partial charge in [-0.25, -0.2) is 0 Å². The van der Waals surface area contributed by atoms with Gasteiger partial charge in [-0.3, -0.25) is 14.4 Å². The lowest BCUT2D eigenvalue weighted by Crippen LogP contribution is -2.60. The van der Waals surface area contributed by atoms with E-state index in [-0.39, 0.29) is 65.7 Å². The molecule has 0 aromatic heterocycles. The van der Waals surface area contributed by atoms with Crippen molar-refractivity contribution < 1.29 is 29.3 Å². The van der Waals surface area contributed by atoms with Crippen molar-refractivity contribution in [3.63, 3.8) is 0 Å². The zero-order valence-electron chi connectivity index (χ0n) is 21.4. The fourth-order valence-corrected chi connectivity index (χ4v) is 8.71. The Morgan fingerprint density at radius 3 is 2.44 bits per heavy atom. The molecular formula is C28H42O6. The summed E-state index contributed by atoms with van der Waals surface area (Å²) >= 11 is 0. The number of carboxylic acid groups (broad SMARTS) is 1. The number of rotatable bonds is 6. The molecule has 0 radical (unpaired) electrons. The first-order valence-corrected chi connectivity index (χ1v) is 13.3. The molecule has 0 amide bonds. The first kappa shape index (κ1) is 25.4. The van der Waals surface area contributed by atoms with Crippen molar-refractivity contribution in [2.75, 3.05) is 0 Å². The molecule has 4 aliphatic carbocycles. The lowest BCUT2D eigenvalue weighted by atomic mass is 9.41. The summed E-state index contributed by atoms with van der Waals surface area (Å²) in [5.74, 6) is -0.854. The van der Waals surface area contributed by atoms with E-state index < -0.39 is 17.0 Å². The summed E-state index contributed by atoms with van der Waals surface area (Å²) in [7, 11) is 0. The van der Waals surface area contributed by atoms with Crippen LogP contribution in [-0.4, -0.2) is 39.6 Å². The molecule has 3 saturated carbocycles. The third-order valence-electron chi connectivity index (χ3n) is 10.4. The number of fused-ring (bicyclic) bond motifs is 5. The molecular weight excluding hydrogens is 432 g/mol. The maximum absolute atomic E-state index is 13.7. The highest BCUT2D eigenvalue weighted by atomic mass is 16.5. The van der Waals surface area contributed by atoms with Crippen molar-refractivity contribution >= 4 is 17.7 Å².